The Hall–Kier alpha value is -3.17. The fourth-order valence-electron chi connectivity index (χ4n) is 2.86. The Morgan fingerprint density at radius 1 is 1.04 bits per heavy atom. The molecule has 1 aliphatic rings. The number of carbonyl (C=O) groups is 2. The number of pyridine rings is 1. The highest BCUT2D eigenvalue weighted by Crippen LogP contribution is 2.19. The minimum absolute atomic E-state index is 0.0161. The van der Waals surface area contributed by atoms with Crippen molar-refractivity contribution in [1.29, 1.82) is 0 Å². The van der Waals surface area contributed by atoms with E-state index in [4.69, 9.17) is 0 Å². The van der Waals surface area contributed by atoms with E-state index in [1.807, 2.05) is 23.1 Å². The van der Waals surface area contributed by atoms with Crippen LogP contribution in [0.25, 0.3) is 11.5 Å². The van der Waals surface area contributed by atoms with Crippen molar-refractivity contribution in [1.82, 2.24) is 24.6 Å². The predicted octanol–water partition coefficient (Wildman–Crippen LogP) is 1.90. The molecule has 8 nitrogen and oxygen atoms in total. The van der Waals surface area contributed by atoms with Gasteiger partial charge in [0.1, 0.15) is 5.69 Å². The van der Waals surface area contributed by atoms with Crippen LogP contribution in [0.2, 0.25) is 0 Å². The molecule has 2 N–H and O–H groups in total. The van der Waals surface area contributed by atoms with Gasteiger partial charge in [-0.2, -0.15) is 9.36 Å². The summed E-state index contributed by atoms with van der Waals surface area (Å²) in [5.74, 6) is 0.153. The van der Waals surface area contributed by atoms with Crippen molar-refractivity contribution in [3.63, 3.8) is 0 Å². The van der Waals surface area contributed by atoms with Gasteiger partial charge in [-0.1, -0.05) is 6.07 Å². The van der Waals surface area contributed by atoms with E-state index in [9.17, 15) is 9.59 Å². The van der Waals surface area contributed by atoms with Crippen LogP contribution in [0.1, 0.15) is 20.7 Å². The number of hydrogen-bond donors (Lipinski definition) is 2. The number of carbonyl (C=O) groups excluding carboxylic acids is 2. The molecule has 28 heavy (non-hydrogen) atoms. The van der Waals surface area contributed by atoms with Crippen molar-refractivity contribution in [2.45, 2.75) is 0 Å². The van der Waals surface area contributed by atoms with Crippen LogP contribution in [0.5, 0.6) is 0 Å². The lowest BCUT2D eigenvalue weighted by atomic mass is 10.1. The highest BCUT2D eigenvalue weighted by atomic mass is 32.1. The molecule has 1 aliphatic heterocycles. The van der Waals surface area contributed by atoms with E-state index in [1.165, 1.54) is 0 Å². The van der Waals surface area contributed by atoms with Gasteiger partial charge in [0.2, 0.25) is 5.13 Å². The molecule has 9 heteroatoms. The lowest BCUT2D eigenvalue weighted by Crippen LogP contribution is -2.46. The molecule has 4 rings (SSSR count). The fraction of sp³-hybridized carbons (Fsp3) is 0.211. The number of hydrogen-bond acceptors (Lipinski definition) is 7. The lowest BCUT2D eigenvalue weighted by molar-refractivity contribution is 0.0735. The largest absolute Gasteiger partial charge is 0.336 e. The molecule has 3 aromatic rings. The highest BCUT2D eigenvalue weighted by Gasteiger charge is 2.18. The van der Waals surface area contributed by atoms with Gasteiger partial charge in [-0.25, -0.2) is 0 Å². The first-order valence-electron chi connectivity index (χ1n) is 8.87. The fourth-order valence-corrected chi connectivity index (χ4v) is 3.43. The summed E-state index contributed by atoms with van der Waals surface area (Å²) in [6.07, 6.45) is 1.66. The van der Waals surface area contributed by atoms with Crippen LogP contribution in [-0.4, -0.2) is 57.2 Å². The molecule has 0 spiro atoms. The maximum atomic E-state index is 12.5. The van der Waals surface area contributed by atoms with Crippen LogP contribution in [0.4, 0.5) is 5.13 Å². The lowest BCUT2D eigenvalue weighted by Gasteiger charge is -2.27. The van der Waals surface area contributed by atoms with Gasteiger partial charge in [-0.15, -0.1) is 0 Å². The summed E-state index contributed by atoms with van der Waals surface area (Å²) in [4.78, 5) is 35.2. The number of nitrogens with zero attached hydrogens (tertiary/aromatic N) is 4. The molecule has 2 aromatic heterocycles. The standard InChI is InChI=1S/C19H18N6O2S/c26-17(23-19-22-16(24-28-19)15-3-1-2-8-21-15)13-4-6-14(7-5-13)18(27)25-11-9-20-10-12-25/h1-8,20H,9-12H2,(H,22,23,24,26). The van der Waals surface area contributed by atoms with Gasteiger partial charge in [-0.3, -0.25) is 19.9 Å². The van der Waals surface area contributed by atoms with Gasteiger partial charge < -0.3 is 10.2 Å². The third kappa shape index (κ3) is 4.05. The molecule has 0 radical (unpaired) electrons. The number of aromatic nitrogens is 3. The second-order valence-electron chi connectivity index (χ2n) is 6.21. The average Bonchev–Trinajstić information content (AvgIpc) is 3.23. The summed E-state index contributed by atoms with van der Waals surface area (Å²) in [6.45, 7) is 2.98. The van der Waals surface area contributed by atoms with Crippen LogP contribution >= 0.6 is 11.5 Å². The molecule has 1 fully saturated rings. The molecule has 1 saturated heterocycles. The molecule has 3 heterocycles. The van der Waals surface area contributed by atoms with Crippen LogP contribution in [0.15, 0.2) is 48.7 Å². The summed E-state index contributed by atoms with van der Waals surface area (Å²) < 4.78 is 4.22. The molecule has 0 atom stereocenters. The molecule has 2 amide bonds. The van der Waals surface area contributed by atoms with Crippen molar-refractivity contribution in [3.05, 3.63) is 59.8 Å². The summed E-state index contributed by atoms with van der Waals surface area (Å²) in [5.41, 5.74) is 1.67. The summed E-state index contributed by atoms with van der Waals surface area (Å²) >= 11 is 1.09. The van der Waals surface area contributed by atoms with Crippen molar-refractivity contribution < 1.29 is 9.59 Å². The molecule has 0 unspecified atom stereocenters. The SMILES string of the molecule is O=C(Nc1nc(-c2ccccn2)ns1)c1ccc(C(=O)N2CCNCC2)cc1. The molecule has 0 aliphatic carbocycles. The first-order chi connectivity index (χ1) is 13.7. The first-order valence-corrected chi connectivity index (χ1v) is 9.64. The van der Waals surface area contributed by atoms with Crippen molar-refractivity contribution in [2.24, 2.45) is 0 Å². The normalized spacial score (nSPS) is 13.9. The Morgan fingerprint density at radius 3 is 2.50 bits per heavy atom. The Morgan fingerprint density at radius 2 is 1.79 bits per heavy atom. The van der Waals surface area contributed by atoms with Gasteiger partial charge in [0, 0.05) is 55.0 Å². The molecule has 1 aromatic carbocycles. The summed E-state index contributed by atoms with van der Waals surface area (Å²) in [7, 11) is 0. The van der Waals surface area contributed by atoms with E-state index in [2.05, 4.69) is 25.0 Å². The Bertz CT molecular complexity index is 968. The van der Waals surface area contributed by atoms with Gasteiger partial charge in [-0.05, 0) is 36.4 Å². The molecular formula is C19H18N6O2S. The number of anilines is 1. The quantitative estimate of drug-likeness (QED) is 0.701. The van der Waals surface area contributed by atoms with Gasteiger partial charge in [0.15, 0.2) is 5.82 Å². The maximum absolute atomic E-state index is 12.5. The number of amides is 2. The van der Waals surface area contributed by atoms with Crippen LogP contribution in [0.3, 0.4) is 0 Å². The Labute approximate surface area is 165 Å². The van der Waals surface area contributed by atoms with Crippen molar-refractivity contribution in [3.8, 4) is 11.5 Å². The summed E-state index contributed by atoms with van der Waals surface area (Å²) in [5, 5.41) is 6.35. The van der Waals surface area contributed by atoms with Gasteiger partial charge >= 0.3 is 0 Å². The minimum atomic E-state index is -0.301. The molecule has 0 saturated carbocycles. The van der Waals surface area contributed by atoms with E-state index in [0.29, 0.717) is 40.9 Å². The number of benzene rings is 1. The molecular weight excluding hydrogens is 376 g/mol. The van der Waals surface area contributed by atoms with Crippen molar-refractivity contribution >= 4 is 28.5 Å². The zero-order chi connectivity index (χ0) is 19.3. The molecule has 0 bridgehead atoms. The highest BCUT2D eigenvalue weighted by molar-refractivity contribution is 7.10. The van der Waals surface area contributed by atoms with Crippen molar-refractivity contribution in [2.75, 3.05) is 31.5 Å². The van der Waals surface area contributed by atoms with E-state index >= 15 is 0 Å². The van der Waals surface area contributed by atoms with E-state index in [-0.39, 0.29) is 11.8 Å². The smallest absolute Gasteiger partial charge is 0.257 e. The second-order valence-corrected chi connectivity index (χ2v) is 6.96. The average molecular weight is 394 g/mol. The monoisotopic (exact) mass is 394 g/mol. The Kier molecular flexibility index (Phi) is 5.36. The van der Waals surface area contributed by atoms with Gasteiger partial charge in [0.25, 0.3) is 11.8 Å². The number of piperazine rings is 1. The maximum Gasteiger partial charge on any atom is 0.257 e. The van der Waals surface area contributed by atoms with Crippen LogP contribution in [0, 0.1) is 0 Å². The van der Waals surface area contributed by atoms with E-state index in [1.54, 1.807) is 30.5 Å². The Balaban J connectivity index is 1.41. The van der Waals surface area contributed by atoms with E-state index < -0.39 is 0 Å². The van der Waals surface area contributed by atoms with Crippen LogP contribution < -0.4 is 10.6 Å². The molecule has 142 valence electrons. The first kappa shape index (κ1) is 18.2. The van der Waals surface area contributed by atoms with Gasteiger partial charge in [0.05, 0.1) is 0 Å². The number of nitrogens with one attached hydrogen (secondary N) is 2. The third-order valence-electron chi connectivity index (χ3n) is 4.34. The number of rotatable bonds is 4. The topological polar surface area (TPSA) is 100 Å². The third-order valence-corrected chi connectivity index (χ3v) is 4.97. The van der Waals surface area contributed by atoms with E-state index in [0.717, 1.165) is 24.6 Å². The van der Waals surface area contributed by atoms with Crippen LogP contribution in [-0.2, 0) is 0 Å². The zero-order valence-corrected chi connectivity index (χ0v) is 15.8. The minimum Gasteiger partial charge on any atom is -0.336 e. The zero-order valence-electron chi connectivity index (χ0n) is 15.0. The predicted molar refractivity (Wildman–Crippen MR) is 106 cm³/mol. The second kappa shape index (κ2) is 8.24. The summed E-state index contributed by atoms with van der Waals surface area (Å²) in [6, 6.07) is 12.1.